The van der Waals surface area contributed by atoms with E-state index in [4.69, 9.17) is 5.11 Å². The second-order valence-electron chi connectivity index (χ2n) is 5.96. The van der Waals surface area contributed by atoms with Crippen molar-refractivity contribution in [3.05, 3.63) is 0 Å². The third-order valence-corrected chi connectivity index (χ3v) is 5.87. The number of carboxylic acid groups (broad SMARTS) is 1. The summed E-state index contributed by atoms with van der Waals surface area (Å²) in [5.41, 5.74) is -0.744. The fourth-order valence-corrected chi connectivity index (χ4v) is 4.90. The van der Waals surface area contributed by atoms with Gasteiger partial charge in [0.25, 0.3) is 0 Å². The Labute approximate surface area is 118 Å². The number of likely N-dealkylation sites (tertiary alicyclic amines) is 1. The maximum Gasteiger partial charge on any atom is 0.317 e. The number of carbonyl (C=O) groups excluding carboxylic acids is 1. The monoisotopic (exact) mass is 304 g/mol. The highest BCUT2D eigenvalue weighted by atomic mass is 32.2. The molecule has 114 valence electrons. The van der Waals surface area contributed by atoms with E-state index >= 15 is 0 Å². The van der Waals surface area contributed by atoms with Gasteiger partial charge in [0.15, 0.2) is 9.84 Å². The highest BCUT2D eigenvalue weighted by molar-refractivity contribution is 7.91. The van der Waals surface area contributed by atoms with Crippen molar-refractivity contribution in [2.75, 3.05) is 24.6 Å². The van der Waals surface area contributed by atoms with Crippen LogP contribution in [0.3, 0.4) is 0 Å². The quantitative estimate of drug-likeness (QED) is 0.751. The molecule has 2 amide bonds. The normalized spacial score (nSPS) is 32.9. The van der Waals surface area contributed by atoms with Gasteiger partial charge in [-0.3, -0.25) is 4.79 Å². The SMILES string of the molecule is CC1(NC(=O)N2CCCC(C(=O)O)C2)CCS(=O)(=O)C1. The van der Waals surface area contributed by atoms with Crippen LogP contribution in [-0.2, 0) is 14.6 Å². The summed E-state index contributed by atoms with van der Waals surface area (Å²) in [5, 5.41) is 11.8. The van der Waals surface area contributed by atoms with E-state index in [1.165, 1.54) is 4.90 Å². The van der Waals surface area contributed by atoms with Gasteiger partial charge < -0.3 is 15.3 Å². The van der Waals surface area contributed by atoms with Gasteiger partial charge in [-0.15, -0.1) is 0 Å². The zero-order chi connectivity index (χ0) is 15.0. The molecule has 0 aliphatic carbocycles. The smallest absolute Gasteiger partial charge is 0.317 e. The first kappa shape index (κ1) is 15.1. The van der Waals surface area contributed by atoms with Crippen molar-refractivity contribution in [2.45, 2.75) is 31.7 Å². The number of hydrogen-bond acceptors (Lipinski definition) is 4. The maximum atomic E-state index is 12.2. The zero-order valence-electron chi connectivity index (χ0n) is 11.5. The number of sulfone groups is 1. The minimum absolute atomic E-state index is 0.0536. The van der Waals surface area contributed by atoms with Gasteiger partial charge in [0.1, 0.15) is 0 Å². The van der Waals surface area contributed by atoms with Gasteiger partial charge in [0, 0.05) is 13.1 Å². The van der Waals surface area contributed by atoms with Crippen LogP contribution in [-0.4, -0.2) is 60.6 Å². The first-order valence-electron chi connectivity index (χ1n) is 6.71. The second kappa shape index (κ2) is 5.23. The van der Waals surface area contributed by atoms with Crippen LogP contribution in [0.2, 0.25) is 0 Å². The van der Waals surface area contributed by atoms with Crippen molar-refractivity contribution in [2.24, 2.45) is 5.92 Å². The minimum Gasteiger partial charge on any atom is -0.481 e. The Morgan fingerprint density at radius 1 is 1.40 bits per heavy atom. The van der Waals surface area contributed by atoms with Crippen molar-refractivity contribution >= 4 is 21.8 Å². The molecule has 2 aliphatic rings. The summed E-state index contributed by atoms with van der Waals surface area (Å²) in [6.07, 6.45) is 1.63. The summed E-state index contributed by atoms with van der Waals surface area (Å²) in [4.78, 5) is 24.6. The molecule has 2 heterocycles. The van der Waals surface area contributed by atoms with Gasteiger partial charge in [-0.25, -0.2) is 13.2 Å². The van der Waals surface area contributed by atoms with Crippen molar-refractivity contribution < 1.29 is 23.1 Å². The van der Waals surface area contributed by atoms with Gasteiger partial charge in [-0.1, -0.05) is 0 Å². The standard InChI is InChI=1S/C12H20N2O5S/c1-12(4-6-20(18,19)8-12)13-11(17)14-5-2-3-9(7-14)10(15)16/h9H,2-8H2,1H3,(H,13,17)(H,15,16). The molecular weight excluding hydrogens is 284 g/mol. The number of nitrogens with one attached hydrogen (secondary N) is 1. The number of nitrogens with zero attached hydrogens (tertiary/aromatic N) is 1. The maximum absolute atomic E-state index is 12.2. The first-order chi connectivity index (χ1) is 9.21. The molecule has 0 radical (unpaired) electrons. The summed E-state index contributed by atoms with van der Waals surface area (Å²) in [7, 11) is -3.08. The van der Waals surface area contributed by atoms with Crippen LogP contribution >= 0.6 is 0 Å². The molecular formula is C12H20N2O5S. The third-order valence-electron chi connectivity index (χ3n) is 3.97. The molecule has 20 heavy (non-hydrogen) atoms. The molecule has 2 saturated heterocycles. The molecule has 0 aromatic carbocycles. The molecule has 2 fully saturated rings. The van der Waals surface area contributed by atoms with Crippen molar-refractivity contribution in [3.8, 4) is 0 Å². The minimum atomic E-state index is -3.08. The van der Waals surface area contributed by atoms with E-state index in [0.29, 0.717) is 25.8 Å². The lowest BCUT2D eigenvalue weighted by Gasteiger charge is -2.34. The summed E-state index contributed by atoms with van der Waals surface area (Å²) in [6.45, 7) is 2.41. The van der Waals surface area contributed by atoms with Crippen LogP contribution in [0.1, 0.15) is 26.2 Å². The summed E-state index contributed by atoms with van der Waals surface area (Å²) in [6, 6.07) is -0.365. The van der Waals surface area contributed by atoms with E-state index in [9.17, 15) is 18.0 Å². The average molecular weight is 304 g/mol. The molecule has 2 aliphatic heterocycles. The van der Waals surface area contributed by atoms with Gasteiger partial charge >= 0.3 is 12.0 Å². The lowest BCUT2D eigenvalue weighted by Crippen LogP contribution is -2.54. The van der Waals surface area contributed by atoms with Crippen molar-refractivity contribution in [1.82, 2.24) is 10.2 Å². The Balaban J connectivity index is 1.97. The zero-order valence-corrected chi connectivity index (χ0v) is 12.3. The average Bonchev–Trinajstić information content (AvgIpc) is 2.63. The Kier molecular flexibility index (Phi) is 3.95. The molecule has 8 heteroatoms. The van der Waals surface area contributed by atoms with E-state index in [-0.39, 0.29) is 24.1 Å². The topological polar surface area (TPSA) is 104 Å². The van der Waals surface area contributed by atoms with E-state index in [0.717, 1.165) is 0 Å². The van der Waals surface area contributed by atoms with Crippen LogP contribution in [0.25, 0.3) is 0 Å². The van der Waals surface area contributed by atoms with Crippen molar-refractivity contribution in [3.63, 3.8) is 0 Å². The van der Waals surface area contributed by atoms with Crippen LogP contribution < -0.4 is 5.32 Å². The Bertz CT molecular complexity index is 518. The number of carboxylic acids is 1. The summed E-state index contributed by atoms with van der Waals surface area (Å²) < 4.78 is 23.0. The Hall–Kier alpha value is -1.31. The van der Waals surface area contributed by atoms with E-state index in [1.807, 2.05) is 0 Å². The molecule has 0 aromatic heterocycles. The van der Waals surface area contributed by atoms with E-state index in [2.05, 4.69) is 5.32 Å². The number of aliphatic carboxylic acids is 1. The lowest BCUT2D eigenvalue weighted by molar-refractivity contribution is -0.143. The van der Waals surface area contributed by atoms with E-state index < -0.39 is 27.3 Å². The van der Waals surface area contributed by atoms with Gasteiger partial charge in [0.2, 0.25) is 0 Å². The number of hydrogen-bond donors (Lipinski definition) is 2. The molecule has 7 nitrogen and oxygen atoms in total. The number of urea groups is 1. The first-order valence-corrected chi connectivity index (χ1v) is 8.53. The fourth-order valence-electron chi connectivity index (χ4n) is 2.81. The highest BCUT2D eigenvalue weighted by Crippen LogP contribution is 2.24. The third kappa shape index (κ3) is 3.41. The molecule has 0 spiro atoms. The van der Waals surface area contributed by atoms with Crippen LogP contribution in [0.15, 0.2) is 0 Å². The molecule has 2 unspecified atom stereocenters. The Morgan fingerprint density at radius 2 is 2.10 bits per heavy atom. The van der Waals surface area contributed by atoms with Crippen LogP contribution in [0, 0.1) is 5.92 Å². The number of piperidine rings is 1. The lowest BCUT2D eigenvalue weighted by atomic mass is 9.98. The molecule has 0 bridgehead atoms. The summed E-state index contributed by atoms with van der Waals surface area (Å²) in [5.74, 6) is -1.39. The number of carbonyl (C=O) groups is 2. The largest absolute Gasteiger partial charge is 0.481 e. The summed E-state index contributed by atoms with van der Waals surface area (Å²) >= 11 is 0. The fraction of sp³-hybridized carbons (Fsp3) is 0.833. The van der Waals surface area contributed by atoms with E-state index in [1.54, 1.807) is 6.92 Å². The molecule has 2 N–H and O–H groups in total. The molecule has 2 rings (SSSR count). The number of rotatable bonds is 2. The molecule has 2 atom stereocenters. The van der Waals surface area contributed by atoms with Gasteiger partial charge in [0.05, 0.1) is 23.0 Å². The Morgan fingerprint density at radius 3 is 2.65 bits per heavy atom. The van der Waals surface area contributed by atoms with Gasteiger partial charge in [-0.05, 0) is 26.2 Å². The van der Waals surface area contributed by atoms with Gasteiger partial charge in [-0.2, -0.15) is 0 Å². The molecule has 0 aromatic rings. The second-order valence-corrected chi connectivity index (χ2v) is 8.14. The van der Waals surface area contributed by atoms with Crippen molar-refractivity contribution in [1.29, 1.82) is 0 Å². The predicted molar refractivity (Wildman–Crippen MR) is 72.1 cm³/mol. The number of amides is 2. The predicted octanol–water partition coefficient (Wildman–Crippen LogP) is 0.0698. The van der Waals surface area contributed by atoms with Crippen LogP contribution in [0.5, 0.6) is 0 Å². The van der Waals surface area contributed by atoms with Crippen LogP contribution in [0.4, 0.5) is 4.79 Å². The highest BCUT2D eigenvalue weighted by Gasteiger charge is 2.40. The molecule has 0 saturated carbocycles.